The minimum atomic E-state index is -0.639. The Morgan fingerprint density at radius 1 is 1.39 bits per heavy atom. The van der Waals surface area contributed by atoms with Crippen LogP contribution >= 0.6 is 11.6 Å². The van der Waals surface area contributed by atoms with Gasteiger partial charge in [0, 0.05) is 11.6 Å². The number of ether oxygens (including phenoxy) is 1. The number of hydrogen-bond donors (Lipinski definition) is 1. The van der Waals surface area contributed by atoms with Crippen LogP contribution in [0.2, 0.25) is 5.02 Å². The molecular formula is C17H18ClN3O2. The maximum absolute atomic E-state index is 12.1. The van der Waals surface area contributed by atoms with Crippen LogP contribution in [0.3, 0.4) is 0 Å². The summed E-state index contributed by atoms with van der Waals surface area (Å²) in [4.78, 5) is 20.6. The van der Waals surface area contributed by atoms with Crippen molar-refractivity contribution in [3.8, 4) is 5.75 Å². The number of halogens is 1. The summed E-state index contributed by atoms with van der Waals surface area (Å²) in [5.74, 6) is 0.848. The van der Waals surface area contributed by atoms with Crippen LogP contribution < -0.4 is 10.1 Å². The van der Waals surface area contributed by atoms with E-state index in [9.17, 15) is 4.79 Å². The first-order valence-electron chi connectivity index (χ1n) is 7.63. The summed E-state index contributed by atoms with van der Waals surface area (Å²) < 4.78 is 5.59. The van der Waals surface area contributed by atoms with Crippen molar-refractivity contribution in [2.24, 2.45) is 0 Å². The van der Waals surface area contributed by atoms with Crippen LogP contribution in [0.5, 0.6) is 5.75 Å². The van der Waals surface area contributed by atoms with Gasteiger partial charge in [-0.15, -0.1) is 0 Å². The quantitative estimate of drug-likeness (QED) is 0.883. The summed E-state index contributed by atoms with van der Waals surface area (Å²) in [6.45, 7) is 2.05. The maximum Gasteiger partial charge on any atom is 0.261 e. The van der Waals surface area contributed by atoms with E-state index in [1.807, 2.05) is 18.2 Å². The number of para-hydroxylation sites is 1. The summed E-state index contributed by atoms with van der Waals surface area (Å²) in [5, 5.41) is 3.31. The molecule has 1 amide bonds. The number of nitrogens with zero attached hydrogens (tertiary/aromatic N) is 2. The number of nitrogens with one attached hydrogen (secondary N) is 1. The first-order chi connectivity index (χ1) is 11.1. The van der Waals surface area contributed by atoms with E-state index in [1.54, 1.807) is 25.4 Å². The lowest BCUT2D eigenvalue weighted by Crippen LogP contribution is -2.36. The van der Waals surface area contributed by atoms with Crippen LogP contribution in [-0.2, 0) is 11.3 Å². The fourth-order valence-electron chi connectivity index (χ4n) is 2.22. The van der Waals surface area contributed by atoms with Crippen LogP contribution in [0.15, 0.2) is 36.7 Å². The van der Waals surface area contributed by atoms with Gasteiger partial charge in [0.2, 0.25) is 0 Å². The molecule has 1 aromatic heterocycles. The second kappa shape index (κ2) is 6.96. The van der Waals surface area contributed by atoms with Gasteiger partial charge >= 0.3 is 0 Å². The van der Waals surface area contributed by atoms with Crippen molar-refractivity contribution >= 4 is 17.5 Å². The van der Waals surface area contributed by atoms with Crippen molar-refractivity contribution in [2.75, 3.05) is 0 Å². The van der Waals surface area contributed by atoms with E-state index < -0.39 is 6.10 Å². The first-order valence-corrected chi connectivity index (χ1v) is 8.01. The highest BCUT2D eigenvalue weighted by atomic mass is 35.5. The van der Waals surface area contributed by atoms with Crippen LogP contribution in [0.25, 0.3) is 0 Å². The normalized spacial score (nSPS) is 15.0. The predicted octanol–water partition coefficient (Wildman–Crippen LogP) is 3.09. The highest BCUT2D eigenvalue weighted by molar-refractivity contribution is 6.32. The molecule has 1 N–H and O–H groups in total. The lowest BCUT2D eigenvalue weighted by molar-refractivity contribution is -0.127. The Labute approximate surface area is 140 Å². The zero-order valence-corrected chi connectivity index (χ0v) is 13.6. The Hall–Kier alpha value is -2.14. The third-order valence-corrected chi connectivity index (χ3v) is 4.01. The highest BCUT2D eigenvalue weighted by Gasteiger charge is 2.25. The number of hydrogen-bond acceptors (Lipinski definition) is 4. The lowest BCUT2D eigenvalue weighted by Gasteiger charge is -2.15. The van der Waals surface area contributed by atoms with Crippen molar-refractivity contribution in [2.45, 2.75) is 38.3 Å². The van der Waals surface area contributed by atoms with Crippen molar-refractivity contribution in [3.63, 3.8) is 0 Å². The van der Waals surface area contributed by atoms with Gasteiger partial charge in [-0.3, -0.25) is 4.79 Å². The van der Waals surface area contributed by atoms with E-state index in [1.165, 1.54) is 12.8 Å². The minimum absolute atomic E-state index is 0.212. The molecule has 1 heterocycles. The molecule has 0 spiro atoms. The molecule has 0 aliphatic heterocycles. The Bertz CT molecular complexity index is 704. The van der Waals surface area contributed by atoms with Gasteiger partial charge in [0.05, 0.1) is 17.3 Å². The summed E-state index contributed by atoms with van der Waals surface area (Å²) in [5.41, 5.74) is 1.87. The molecule has 1 fully saturated rings. The van der Waals surface area contributed by atoms with Crippen LogP contribution in [0, 0.1) is 0 Å². The van der Waals surface area contributed by atoms with Gasteiger partial charge in [-0.25, -0.2) is 9.97 Å². The molecule has 1 aliphatic rings. The van der Waals surface area contributed by atoms with E-state index in [0.717, 1.165) is 11.4 Å². The monoisotopic (exact) mass is 331 g/mol. The molecule has 1 atom stereocenters. The third kappa shape index (κ3) is 4.20. The first kappa shape index (κ1) is 15.7. The smallest absolute Gasteiger partial charge is 0.261 e. The standard InChI is InChI=1S/C17H18ClN3O2/c1-11(23-16-5-3-2-4-14(16)18)17(22)19-9-13-8-15(12-6-7-12)21-10-20-13/h2-5,8,10-12H,6-7,9H2,1H3,(H,19,22). The van der Waals surface area contributed by atoms with E-state index >= 15 is 0 Å². The van der Waals surface area contributed by atoms with Gasteiger partial charge in [-0.05, 0) is 38.0 Å². The zero-order valence-electron chi connectivity index (χ0n) is 12.8. The summed E-state index contributed by atoms with van der Waals surface area (Å²) >= 11 is 6.03. The molecule has 1 saturated carbocycles. The Balaban J connectivity index is 1.54. The fraction of sp³-hybridized carbons (Fsp3) is 0.353. The largest absolute Gasteiger partial charge is 0.479 e. The van der Waals surface area contributed by atoms with Gasteiger partial charge in [0.25, 0.3) is 5.91 Å². The number of amides is 1. The van der Waals surface area contributed by atoms with Crippen molar-refractivity contribution in [3.05, 3.63) is 53.1 Å². The maximum atomic E-state index is 12.1. The summed E-state index contributed by atoms with van der Waals surface area (Å²) in [7, 11) is 0. The summed E-state index contributed by atoms with van der Waals surface area (Å²) in [6, 6.07) is 9.04. The van der Waals surface area contributed by atoms with Crippen LogP contribution in [0.4, 0.5) is 0 Å². The molecule has 3 rings (SSSR count). The molecule has 23 heavy (non-hydrogen) atoms. The number of carbonyl (C=O) groups excluding carboxylic acids is 1. The fourth-order valence-corrected chi connectivity index (χ4v) is 2.40. The van der Waals surface area contributed by atoms with Crippen molar-refractivity contribution in [1.82, 2.24) is 15.3 Å². The van der Waals surface area contributed by atoms with Gasteiger partial charge in [0.15, 0.2) is 6.10 Å². The molecule has 0 saturated heterocycles. The van der Waals surface area contributed by atoms with E-state index in [0.29, 0.717) is 23.2 Å². The number of carbonyl (C=O) groups is 1. The van der Waals surface area contributed by atoms with Crippen molar-refractivity contribution < 1.29 is 9.53 Å². The molecule has 0 radical (unpaired) electrons. The van der Waals surface area contributed by atoms with E-state index in [-0.39, 0.29) is 5.91 Å². The van der Waals surface area contributed by atoms with E-state index in [4.69, 9.17) is 16.3 Å². The molecule has 120 valence electrons. The van der Waals surface area contributed by atoms with Gasteiger partial charge in [0.1, 0.15) is 12.1 Å². The highest BCUT2D eigenvalue weighted by Crippen LogP contribution is 2.38. The molecule has 1 unspecified atom stereocenters. The van der Waals surface area contributed by atoms with Gasteiger partial charge in [-0.2, -0.15) is 0 Å². The molecule has 6 heteroatoms. The van der Waals surface area contributed by atoms with E-state index in [2.05, 4.69) is 15.3 Å². The second-order valence-corrected chi connectivity index (χ2v) is 6.02. The third-order valence-electron chi connectivity index (χ3n) is 3.69. The molecule has 2 aromatic rings. The predicted molar refractivity (Wildman–Crippen MR) is 87.4 cm³/mol. The topological polar surface area (TPSA) is 64.1 Å². The van der Waals surface area contributed by atoms with Gasteiger partial charge < -0.3 is 10.1 Å². The number of rotatable bonds is 6. The average molecular weight is 332 g/mol. The number of aromatic nitrogens is 2. The van der Waals surface area contributed by atoms with Crippen LogP contribution in [0.1, 0.15) is 37.1 Å². The lowest BCUT2D eigenvalue weighted by atomic mass is 10.2. The summed E-state index contributed by atoms with van der Waals surface area (Å²) in [6.07, 6.45) is 3.29. The minimum Gasteiger partial charge on any atom is -0.479 e. The Kier molecular flexibility index (Phi) is 4.76. The second-order valence-electron chi connectivity index (χ2n) is 5.62. The SMILES string of the molecule is CC(Oc1ccccc1Cl)C(=O)NCc1cc(C2CC2)ncn1. The van der Waals surface area contributed by atoms with Crippen LogP contribution in [-0.4, -0.2) is 22.0 Å². The number of benzene rings is 1. The zero-order chi connectivity index (χ0) is 16.2. The molecular weight excluding hydrogens is 314 g/mol. The molecule has 1 aliphatic carbocycles. The Morgan fingerprint density at radius 2 is 2.17 bits per heavy atom. The Morgan fingerprint density at radius 3 is 2.91 bits per heavy atom. The molecule has 1 aromatic carbocycles. The van der Waals surface area contributed by atoms with Gasteiger partial charge in [-0.1, -0.05) is 23.7 Å². The van der Waals surface area contributed by atoms with Crippen molar-refractivity contribution in [1.29, 1.82) is 0 Å². The average Bonchev–Trinajstić information content (AvgIpc) is 3.40. The molecule has 0 bridgehead atoms. The molecule has 5 nitrogen and oxygen atoms in total.